The second-order valence-electron chi connectivity index (χ2n) is 6.64. The minimum atomic E-state index is -0.748. The molecule has 25 heavy (non-hydrogen) atoms. The van der Waals surface area contributed by atoms with Crippen molar-refractivity contribution in [3.8, 4) is 0 Å². The highest BCUT2D eigenvalue weighted by Crippen LogP contribution is 2.42. The molecule has 0 spiro atoms. The molecule has 4 heterocycles. The number of pyridine rings is 1. The molecule has 2 aromatic rings. The molecule has 0 radical (unpaired) electrons. The number of hydrogen-bond acceptors (Lipinski definition) is 5. The number of ether oxygens (including phenoxy) is 2. The second kappa shape index (κ2) is 5.13. The van der Waals surface area contributed by atoms with Crippen molar-refractivity contribution in [2.45, 2.75) is 12.6 Å². The number of benzene rings is 1. The number of aromatic nitrogens is 1. The van der Waals surface area contributed by atoms with E-state index >= 15 is 0 Å². The van der Waals surface area contributed by atoms with Crippen LogP contribution < -0.4 is 0 Å². The zero-order valence-electron chi connectivity index (χ0n) is 13.6. The number of carbonyl (C=O) groups excluding carboxylic acids is 2. The summed E-state index contributed by atoms with van der Waals surface area (Å²) in [4.78, 5) is 31.5. The van der Waals surface area contributed by atoms with Crippen molar-refractivity contribution in [2.24, 2.45) is 11.8 Å². The summed E-state index contributed by atoms with van der Waals surface area (Å²) >= 11 is 0. The summed E-state index contributed by atoms with van der Waals surface area (Å²) in [5, 5.41) is 1.06. The van der Waals surface area contributed by atoms with Crippen molar-refractivity contribution in [1.82, 2.24) is 9.88 Å². The lowest BCUT2D eigenvalue weighted by atomic mass is 9.81. The smallest absolute Gasteiger partial charge is 0.335 e. The zero-order chi connectivity index (χ0) is 17.1. The molecule has 0 saturated carbocycles. The number of esters is 1. The van der Waals surface area contributed by atoms with Gasteiger partial charge in [0.05, 0.1) is 29.4 Å². The van der Waals surface area contributed by atoms with Gasteiger partial charge < -0.3 is 14.4 Å². The van der Waals surface area contributed by atoms with Crippen molar-refractivity contribution < 1.29 is 19.1 Å². The molecule has 1 aromatic carbocycles. The fourth-order valence-electron chi connectivity index (χ4n) is 4.06. The minimum absolute atomic E-state index is 0.0286. The average Bonchev–Trinajstić information content (AvgIpc) is 2.98. The molecule has 5 rings (SSSR count). The van der Waals surface area contributed by atoms with Crippen LogP contribution in [-0.2, 0) is 25.6 Å². The predicted octanol–water partition coefficient (Wildman–Crippen LogP) is 1.74. The average molecular weight is 336 g/mol. The van der Waals surface area contributed by atoms with Gasteiger partial charge in [-0.1, -0.05) is 24.3 Å². The number of cyclic esters (lactones) is 1. The highest BCUT2D eigenvalue weighted by molar-refractivity contribution is 5.96. The topological polar surface area (TPSA) is 68.7 Å². The molecule has 1 fully saturated rings. The van der Waals surface area contributed by atoms with Crippen LogP contribution in [0.25, 0.3) is 16.6 Å². The van der Waals surface area contributed by atoms with E-state index in [2.05, 4.69) is 6.07 Å². The Balaban J connectivity index is 1.66. The van der Waals surface area contributed by atoms with Gasteiger partial charge in [-0.3, -0.25) is 4.79 Å². The molecule has 3 aliphatic rings. The molecule has 6 heteroatoms. The van der Waals surface area contributed by atoms with Crippen molar-refractivity contribution in [3.63, 3.8) is 0 Å². The Morgan fingerprint density at radius 2 is 2.12 bits per heavy atom. The van der Waals surface area contributed by atoms with Gasteiger partial charge in [0.2, 0.25) is 5.91 Å². The third-order valence-electron chi connectivity index (χ3n) is 5.30. The van der Waals surface area contributed by atoms with Gasteiger partial charge in [-0.15, -0.1) is 0 Å². The van der Waals surface area contributed by atoms with E-state index < -0.39 is 18.0 Å². The SMILES string of the molecule is COC1C(=O)OCC2C(=O)N3Cc4cc5ccccc5nc4C3=CC21. The van der Waals surface area contributed by atoms with E-state index in [4.69, 9.17) is 14.5 Å². The summed E-state index contributed by atoms with van der Waals surface area (Å²) < 4.78 is 10.5. The summed E-state index contributed by atoms with van der Waals surface area (Å²) in [5.74, 6) is -1.15. The van der Waals surface area contributed by atoms with Gasteiger partial charge in [-0.25, -0.2) is 9.78 Å². The number of fused-ring (bicyclic) bond motifs is 5. The van der Waals surface area contributed by atoms with E-state index in [1.54, 1.807) is 4.90 Å². The molecule has 3 atom stereocenters. The molecule has 0 N–H and O–H groups in total. The largest absolute Gasteiger partial charge is 0.463 e. The number of nitrogens with zero attached hydrogens (tertiary/aromatic N) is 2. The minimum Gasteiger partial charge on any atom is -0.463 e. The summed E-state index contributed by atoms with van der Waals surface area (Å²) in [6.45, 7) is 0.612. The molecule has 0 aliphatic carbocycles. The lowest BCUT2D eigenvalue weighted by molar-refractivity contribution is -0.174. The second-order valence-corrected chi connectivity index (χ2v) is 6.64. The van der Waals surface area contributed by atoms with E-state index in [0.29, 0.717) is 6.54 Å². The normalized spacial score (nSPS) is 27.5. The third-order valence-corrected chi connectivity index (χ3v) is 5.30. The third kappa shape index (κ3) is 1.97. The molecular formula is C19H16N2O4. The summed E-state index contributed by atoms with van der Waals surface area (Å²) in [5.41, 5.74) is 3.52. The number of hydrogen-bond donors (Lipinski definition) is 0. The lowest BCUT2D eigenvalue weighted by Crippen LogP contribution is -2.52. The number of carbonyl (C=O) groups is 2. The van der Waals surface area contributed by atoms with E-state index in [1.165, 1.54) is 7.11 Å². The quantitative estimate of drug-likeness (QED) is 0.742. The van der Waals surface area contributed by atoms with Gasteiger partial charge in [-0.2, -0.15) is 0 Å². The van der Waals surface area contributed by atoms with Crippen LogP contribution in [0.3, 0.4) is 0 Å². The molecule has 3 unspecified atom stereocenters. The van der Waals surface area contributed by atoms with Crippen molar-refractivity contribution in [3.05, 3.63) is 47.7 Å². The summed E-state index contributed by atoms with van der Waals surface area (Å²) in [6, 6.07) is 9.99. The van der Waals surface area contributed by atoms with Crippen LogP contribution in [0.5, 0.6) is 0 Å². The lowest BCUT2D eigenvalue weighted by Gasteiger charge is -2.39. The Labute approximate surface area is 144 Å². The van der Waals surface area contributed by atoms with Gasteiger partial charge in [0.1, 0.15) is 6.61 Å². The van der Waals surface area contributed by atoms with Crippen LogP contribution in [0.15, 0.2) is 36.4 Å². The van der Waals surface area contributed by atoms with Gasteiger partial charge in [0.25, 0.3) is 0 Å². The highest BCUT2D eigenvalue weighted by atomic mass is 16.6. The van der Waals surface area contributed by atoms with Crippen LogP contribution in [0.2, 0.25) is 0 Å². The summed E-state index contributed by atoms with van der Waals surface area (Å²) in [6.07, 6.45) is 1.22. The van der Waals surface area contributed by atoms with Crippen LogP contribution in [-0.4, -0.2) is 41.6 Å². The fourth-order valence-corrected chi connectivity index (χ4v) is 4.06. The Morgan fingerprint density at radius 3 is 2.96 bits per heavy atom. The first-order valence-corrected chi connectivity index (χ1v) is 8.29. The first-order chi connectivity index (χ1) is 12.2. The maximum Gasteiger partial charge on any atom is 0.335 e. The van der Waals surface area contributed by atoms with Crippen LogP contribution in [0.1, 0.15) is 11.3 Å². The molecule has 0 bridgehead atoms. The molecule has 1 saturated heterocycles. The maximum absolute atomic E-state index is 13.0. The van der Waals surface area contributed by atoms with Gasteiger partial charge in [0, 0.05) is 24.0 Å². The van der Waals surface area contributed by atoms with E-state index in [-0.39, 0.29) is 18.4 Å². The molecule has 3 aliphatic heterocycles. The number of rotatable bonds is 1. The Hall–Kier alpha value is -2.73. The number of para-hydroxylation sites is 1. The Bertz CT molecular complexity index is 952. The first-order valence-electron chi connectivity index (χ1n) is 8.29. The van der Waals surface area contributed by atoms with Crippen molar-refractivity contribution >= 4 is 28.5 Å². The monoisotopic (exact) mass is 336 g/mol. The number of methoxy groups -OCH3 is 1. The van der Waals surface area contributed by atoms with Crippen molar-refractivity contribution in [2.75, 3.05) is 13.7 Å². The van der Waals surface area contributed by atoms with E-state index in [0.717, 1.165) is 27.9 Å². The van der Waals surface area contributed by atoms with Crippen LogP contribution >= 0.6 is 0 Å². The van der Waals surface area contributed by atoms with Gasteiger partial charge in [0.15, 0.2) is 6.10 Å². The highest BCUT2D eigenvalue weighted by Gasteiger charge is 2.49. The maximum atomic E-state index is 13.0. The standard InChI is InChI=1S/C19H16N2O4/c1-24-17-12-7-15-16-11(6-10-4-2-3-5-14(10)20-16)8-21(15)18(22)13(12)9-25-19(17)23/h2-7,12-13,17H,8-9H2,1H3. The first kappa shape index (κ1) is 14.6. The van der Waals surface area contributed by atoms with E-state index in [1.807, 2.05) is 30.3 Å². The van der Waals surface area contributed by atoms with Gasteiger partial charge >= 0.3 is 5.97 Å². The molecule has 1 amide bonds. The number of amides is 1. The molecular weight excluding hydrogens is 320 g/mol. The fraction of sp³-hybridized carbons (Fsp3) is 0.316. The van der Waals surface area contributed by atoms with Gasteiger partial charge in [-0.05, 0) is 12.1 Å². The summed E-state index contributed by atoms with van der Waals surface area (Å²) in [7, 11) is 1.47. The molecule has 6 nitrogen and oxygen atoms in total. The molecule has 126 valence electrons. The van der Waals surface area contributed by atoms with Crippen LogP contribution in [0, 0.1) is 11.8 Å². The zero-order valence-corrected chi connectivity index (χ0v) is 13.6. The van der Waals surface area contributed by atoms with Crippen molar-refractivity contribution in [1.29, 1.82) is 0 Å². The van der Waals surface area contributed by atoms with Crippen LogP contribution in [0.4, 0.5) is 0 Å². The van der Waals surface area contributed by atoms with E-state index in [9.17, 15) is 9.59 Å². The predicted molar refractivity (Wildman–Crippen MR) is 89.0 cm³/mol. The Morgan fingerprint density at radius 1 is 1.28 bits per heavy atom. The molecule has 1 aromatic heterocycles. The Kier molecular flexibility index (Phi) is 3.00.